The topological polar surface area (TPSA) is 142 Å². The van der Waals surface area contributed by atoms with E-state index >= 15 is 0 Å². The van der Waals surface area contributed by atoms with E-state index in [0.717, 1.165) is 43.5 Å². The third-order valence-corrected chi connectivity index (χ3v) is 3.93. The Morgan fingerprint density at radius 2 is 1.07 bits per heavy atom. The van der Waals surface area contributed by atoms with Gasteiger partial charge in [-0.3, -0.25) is 4.98 Å². The monoisotopic (exact) mass is 586 g/mol. The van der Waals surface area contributed by atoms with Gasteiger partial charge in [0.15, 0.2) is 6.20 Å². The van der Waals surface area contributed by atoms with Crippen molar-refractivity contribution in [1.29, 1.82) is 0 Å². The van der Waals surface area contributed by atoms with E-state index in [2.05, 4.69) is 39.4 Å². The molecule has 10 heteroatoms. The molecule has 0 radical (unpaired) electrons. The van der Waals surface area contributed by atoms with E-state index < -0.39 is 0 Å². The van der Waals surface area contributed by atoms with Gasteiger partial charge in [0.05, 0.1) is 0 Å². The van der Waals surface area contributed by atoms with Crippen LogP contribution in [0, 0.1) is 12.1 Å². The molecule has 6 N–H and O–H groups in total. The van der Waals surface area contributed by atoms with E-state index in [4.69, 9.17) is 23.1 Å². The summed E-state index contributed by atoms with van der Waals surface area (Å²) in [6, 6.07) is 22.4. The standard InChI is InChI=1S/2C7H10N2.C6H7N.C5H4ClNO.2C2H7N.C2H6/c2*1-2-8-7-5-3-4-6-9-7;1-6-4-2-3-5-7-6;6-5-3-1-2-4-7(5)8;2*1-2-3;1-2/h2*3-6H,2H2,1H3,(H,8,9);2-5H,1H3;1-4H;2*2-3H2,1H3;1-2H3. The molecule has 0 amide bonds. The van der Waals surface area contributed by atoms with Crippen molar-refractivity contribution in [3.63, 3.8) is 0 Å². The molecule has 0 spiro atoms. The highest BCUT2D eigenvalue weighted by atomic mass is 35.5. The quantitative estimate of drug-likeness (QED) is 0.123. The predicted molar refractivity (Wildman–Crippen MR) is 177 cm³/mol. The average molecular weight is 587 g/mol. The van der Waals surface area contributed by atoms with Crippen molar-refractivity contribution in [2.24, 2.45) is 11.5 Å². The molecular weight excluding hydrogens is 536 g/mol. The van der Waals surface area contributed by atoms with Gasteiger partial charge in [0, 0.05) is 49.5 Å². The van der Waals surface area contributed by atoms with Crippen molar-refractivity contribution >= 4 is 23.2 Å². The Morgan fingerprint density at radius 3 is 1.29 bits per heavy atom. The summed E-state index contributed by atoms with van der Waals surface area (Å²) in [5.74, 6) is 1.89. The smallest absolute Gasteiger partial charge is 0.286 e. The van der Waals surface area contributed by atoms with Crippen LogP contribution in [0.3, 0.4) is 0 Å². The Balaban J connectivity index is -0.000000434. The Kier molecular flexibility index (Phi) is 34.8. The Labute approximate surface area is 253 Å². The minimum atomic E-state index is 0.201. The summed E-state index contributed by atoms with van der Waals surface area (Å²) in [6.07, 6.45) is 6.69. The molecule has 0 saturated carbocycles. The predicted octanol–water partition coefficient (Wildman–Crippen LogP) is 6.35. The van der Waals surface area contributed by atoms with E-state index in [1.807, 2.05) is 89.2 Å². The lowest BCUT2D eigenvalue weighted by Crippen LogP contribution is -2.25. The third kappa shape index (κ3) is 30.6. The van der Waals surface area contributed by atoms with Gasteiger partial charge in [-0.2, -0.15) is 4.73 Å². The summed E-state index contributed by atoms with van der Waals surface area (Å²) in [4.78, 5) is 12.1. The van der Waals surface area contributed by atoms with Crippen molar-refractivity contribution in [1.82, 2.24) is 15.0 Å². The van der Waals surface area contributed by atoms with Gasteiger partial charge in [-0.15, -0.1) is 0 Å². The fourth-order valence-corrected chi connectivity index (χ4v) is 2.28. The lowest BCUT2D eigenvalue weighted by Gasteiger charge is -1.97. The van der Waals surface area contributed by atoms with E-state index in [9.17, 15) is 5.21 Å². The van der Waals surface area contributed by atoms with Gasteiger partial charge in [0.2, 0.25) is 0 Å². The Hall–Kier alpha value is -3.79. The molecule has 0 aliphatic rings. The molecule has 0 aliphatic heterocycles. The molecular formula is C31H51ClN8O. The van der Waals surface area contributed by atoms with Gasteiger partial charge in [0.25, 0.3) is 5.15 Å². The maximum atomic E-state index is 10.4. The minimum Gasteiger partial charge on any atom is -0.618 e. The van der Waals surface area contributed by atoms with Gasteiger partial charge in [-0.1, -0.05) is 45.9 Å². The lowest BCUT2D eigenvalue weighted by molar-refractivity contribution is -0.603. The summed E-state index contributed by atoms with van der Waals surface area (Å²) >= 11 is 5.36. The second kappa shape index (κ2) is 34.2. The maximum Gasteiger partial charge on any atom is 0.286 e. The van der Waals surface area contributed by atoms with Crippen LogP contribution < -0.4 is 26.8 Å². The number of anilines is 2. The summed E-state index contributed by atoms with van der Waals surface area (Å²) < 4.78 is 0.599. The fraction of sp³-hybridized carbons (Fsp3) is 0.355. The Morgan fingerprint density at radius 1 is 0.683 bits per heavy atom. The van der Waals surface area contributed by atoms with Gasteiger partial charge in [-0.05, 0) is 87.9 Å². The van der Waals surface area contributed by atoms with Crippen LogP contribution in [0.25, 0.3) is 0 Å². The first kappa shape index (κ1) is 41.7. The fourth-order valence-electron chi connectivity index (χ4n) is 2.15. The number of halogens is 1. The first-order chi connectivity index (χ1) is 19.9. The van der Waals surface area contributed by atoms with E-state index in [-0.39, 0.29) is 5.15 Å². The van der Waals surface area contributed by atoms with Crippen LogP contribution in [0.5, 0.6) is 0 Å². The van der Waals surface area contributed by atoms with Crippen molar-refractivity contribution < 1.29 is 4.73 Å². The van der Waals surface area contributed by atoms with Crippen molar-refractivity contribution in [3.05, 3.63) is 114 Å². The van der Waals surface area contributed by atoms with Gasteiger partial charge in [0.1, 0.15) is 11.6 Å². The summed E-state index contributed by atoms with van der Waals surface area (Å²) in [5.41, 5.74) is 10.8. The number of nitrogens with two attached hydrogens (primary N) is 2. The number of aryl methyl sites for hydroxylation is 1. The van der Waals surface area contributed by atoms with Crippen LogP contribution in [-0.2, 0) is 0 Å². The highest BCUT2D eigenvalue weighted by Gasteiger charge is 1.92. The van der Waals surface area contributed by atoms with E-state index in [1.54, 1.807) is 30.7 Å². The molecule has 228 valence electrons. The second-order valence-electron chi connectivity index (χ2n) is 7.13. The largest absolute Gasteiger partial charge is 0.618 e. The van der Waals surface area contributed by atoms with E-state index in [0.29, 0.717) is 4.73 Å². The molecule has 0 bridgehead atoms. The van der Waals surface area contributed by atoms with Gasteiger partial charge in [-0.25, -0.2) is 9.97 Å². The highest BCUT2D eigenvalue weighted by Crippen LogP contribution is 1.98. The summed E-state index contributed by atoms with van der Waals surface area (Å²) in [6.45, 7) is 17.2. The number of aromatic nitrogens is 4. The molecule has 0 fully saturated rings. The molecule has 9 nitrogen and oxygen atoms in total. The van der Waals surface area contributed by atoms with Crippen LogP contribution in [0.2, 0.25) is 5.15 Å². The number of nitrogens with zero attached hydrogens (tertiary/aromatic N) is 4. The molecule has 0 atom stereocenters. The number of hydrogen-bond acceptors (Lipinski definition) is 8. The number of hydrogen-bond donors (Lipinski definition) is 4. The maximum absolute atomic E-state index is 10.4. The first-order valence-electron chi connectivity index (χ1n) is 13.8. The first-order valence-corrected chi connectivity index (χ1v) is 14.2. The lowest BCUT2D eigenvalue weighted by atomic mass is 10.4. The zero-order valence-corrected chi connectivity index (χ0v) is 26.6. The minimum absolute atomic E-state index is 0.201. The Bertz CT molecular complexity index is 950. The highest BCUT2D eigenvalue weighted by molar-refractivity contribution is 6.28. The van der Waals surface area contributed by atoms with Crippen LogP contribution in [0.1, 0.15) is 47.2 Å². The van der Waals surface area contributed by atoms with Crippen LogP contribution in [0.4, 0.5) is 11.6 Å². The van der Waals surface area contributed by atoms with Crippen LogP contribution in [-0.4, -0.2) is 41.1 Å². The van der Waals surface area contributed by atoms with Gasteiger partial charge >= 0.3 is 0 Å². The van der Waals surface area contributed by atoms with Crippen LogP contribution >= 0.6 is 11.6 Å². The third-order valence-electron chi connectivity index (χ3n) is 3.64. The average Bonchev–Trinajstić information content (AvgIpc) is 3.00. The van der Waals surface area contributed by atoms with Crippen molar-refractivity contribution in [3.8, 4) is 0 Å². The summed E-state index contributed by atoms with van der Waals surface area (Å²) in [5, 5.41) is 16.8. The molecule has 4 heterocycles. The molecule has 41 heavy (non-hydrogen) atoms. The van der Waals surface area contributed by atoms with Crippen LogP contribution in [0.15, 0.2) is 97.6 Å². The molecule has 4 aromatic heterocycles. The molecule has 0 aliphatic carbocycles. The number of rotatable bonds is 4. The van der Waals surface area contributed by atoms with Crippen molar-refractivity contribution in [2.75, 3.05) is 36.8 Å². The van der Waals surface area contributed by atoms with Crippen molar-refractivity contribution in [2.45, 2.75) is 48.5 Å². The number of nitrogens with one attached hydrogen (secondary N) is 2. The second-order valence-corrected chi connectivity index (χ2v) is 7.51. The zero-order valence-electron chi connectivity index (χ0n) is 25.8. The normalized spacial score (nSPS) is 8.24. The zero-order chi connectivity index (χ0) is 31.6. The summed E-state index contributed by atoms with van der Waals surface area (Å²) in [7, 11) is 0. The molecule has 0 saturated heterocycles. The van der Waals surface area contributed by atoms with Gasteiger partial charge < -0.3 is 27.3 Å². The SMILES string of the molecule is CC.CCN.CCN.CCNc1ccccn1.CCNc1ccccn1.Cc1ccccn1.[O-][n+]1ccccc1Cl. The molecule has 4 aromatic rings. The molecule has 0 unspecified atom stereocenters. The molecule has 0 aromatic carbocycles. The molecule has 4 rings (SSSR count). The number of pyridine rings is 4. The van der Waals surface area contributed by atoms with E-state index in [1.165, 1.54) is 12.3 Å².